The number of ether oxygens (including phenoxy) is 4. The molecule has 1 atom stereocenters. The second-order valence-electron chi connectivity index (χ2n) is 6.72. The van der Waals surface area contributed by atoms with E-state index in [1.807, 2.05) is 43.3 Å². The van der Waals surface area contributed by atoms with Crippen LogP contribution in [0.2, 0.25) is 0 Å². The summed E-state index contributed by atoms with van der Waals surface area (Å²) in [5, 5.41) is 12.4. The lowest BCUT2D eigenvalue weighted by molar-refractivity contribution is 0.0615. The summed E-state index contributed by atoms with van der Waals surface area (Å²) in [5.41, 5.74) is 3.97. The van der Waals surface area contributed by atoms with Crippen LogP contribution in [-0.4, -0.2) is 52.7 Å². The van der Waals surface area contributed by atoms with Crippen LogP contribution in [-0.2, 0) is 22.5 Å². The molecule has 0 fully saturated rings. The molecule has 0 saturated heterocycles. The van der Waals surface area contributed by atoms with E-state index in [1.165, 1.54) is 0 Å². The van der Waals surface area contributed by atoms with Crippen LogP contribution >= 0.6 is 0 Å². The fourth-order valence-electron chi connectivity index (χ4n) is 2.94. The number of benzene rings is 2. The van der Waals surface area contributed by atoms with Crippen molar-refractivity contribution in [1.82, 2.24) is 5.06 Å². The van der Waals surface area contributed by atoms with E-state index in [0.29, 0.717) is 26.2 Å². The Kier molecular flexibility index (Phi) is 8.73. The van der Waals surface area contributed by atoms with Crippen LogP contribution in [0.5, 0.6) is 11.5 Å². The van der Waals surface area contributed by atoms with Crippen molar-refractivity contribution >= 4 is 0 Å². The number of likely N-dealkylation sites (N-methyl/N-ethyl adjacent to an activating group) is 1. The van der Waals surface area contributed by atoms with Gasteiger partial charge in [0.25, 0.3) is 0 Å². The summed E-state index contributed by atoms with van der Waals surface area (Å²) in [6.07, 6.45) is 0.701. The zero-order valence-corrected chi connectivity index (χ0v) is 17.4. The molecular formula is C22H30NO5-. The molecule has 0 N–H and O–H groups in total. The van der Waals surface area contributed by atoms with E-state index >= 15 is 0 Å². The summed E-state index contributed by atoms with van der Waals surface area (Å²) >= 11 is 0. The quantitative estimate of drug-likeness (QED) is 0.430. The highest BCUT2D eigenvalue weighted by Crippen LogP contribution is 2.40. The number of nitrogens with zero attached hydrogens (tertiary/aromatic N) is 1. The summed E-state index contributed by atoms with van der Waals surface area (Å²) in [4.78, 5) is 0. The molecule has 0 bridgehead atoms. The summed E-state index contributed by atoms with van der Waals surface area (Å²) in [6.45, 7) is 3.46. The summed E-state index contributed by atoms with van der Waals surface area (Å²) in [6, 6.07) is 12.0. The molecule has 2 rings (SSSR count). The molecule has 2 aromatic carbocycles. The molecular weight excluding hydrogens is 358 g/mol. The van der Waals surface area contributed by atoms with E-state index in [-0.39, 0.29) is 6.04 Å². The Morgan fingerprint density at radius 1 is 0.929 bits per heavy atom. The van der Waals surface area contributed by atoms with Crippen LogP contribution in [0.4, 0.5) is 0 Å². The lowest BCUT2D eigenvalue weighted by Gasteiger charge is -2.30. The smallest absolute Gasteiger partial charge is 0.130 e. The standard InChI is InChI=1S/C22H30NO5/c1-16(23(2)24)12-17-6-8-19(9-7-17)22-20(26-4)13-18(14-21(22)27-5)15-28-11-10-25-3/h6-9,13-14,16H,10-12,15H2,1-5H3/q-1. The minimum absolute atomic E-state index is 0.0627. The Balaban J connectivity index is 2.26. The van der Waals surface area contributed by atoms with Crippen LogP contribution in [0.25, 0.3) is 11.1 Å². The first-order chi connectivity index (χ1) is 13.5. The van der Waals surface area contributed by atoms with Gasteiger partial charge in [0.05, 0.1) is 39.6 Å². The Hall–Kier alpha value is -2.12. The van der Waals surface area contributed by atoms with Gasteiger partial charge in [-0.1, -0.05) is 31.2 Å². The predicted molar refractivity (Wildman–Crippen MR) is 111 cm³/mol. The number of rotatable bonds is 11. The van der Waals surface area contributed by atoms with Gasteiger partial charge < -0.3 is 29.2 Å². The van der Waals surface area contributed by atoms with Gasteiger partial charge in [-0.3, -0.25) is 0 Å². The van der Waals surface area contributed by atoms with E-state index in [4.69, 9.17) is 18.9 Å². The van der Waals surface area contributed by atoms with E-state index < -0.39 is 0 Å². The van der Waals surface area contributed by atoms with Crippen molar-refractivity contribution < 1.29 is 18.9 Å². The van der Waals surface area contributed by atoms with Gasteiger partial charge in [-0.25, -0.2) is 0 Å². The predicted octanol–water partition coefficient (Wildman–Crippen LogP) is 3.89. The zero-order chi connectivity index (χ0) is 20.5. The van der Waals surface area contributed by atoms with Gasteiger partial charge >= 0.3 is 0 Å². The molecule has 1 unspecified atom stereocenters. The van der Waals surface area contributed by atoms with Gasteiger partial charge in [0.1, 0.15) is 11.5 Å². The van der Waals surface area contributed by atoms with Crippen LogP contribution in [0.3, 0.4) is 0 Å². The minimum Gasteiger partial charge on any atom is -0.785 e. The van der Waals surface area contributed by atoms with Crippen LogP contribution in [0.1, 0.15) is 18.1 Å². The molecule has 0 saturated carbocycles. The molecule has 154 valence electrons. The third kappa shape index (κ3) is 5.94. The van der Waals surface area contributed by atoms with E-state index in [0.717, 1.165) is 38.8 Å². The highest BCUT2D eigenvalue weighted by molar-refractivity contribution is 5.77. The molecule has 0 aromatic heterocycles. The normalized spacial score (nSPS) is 12.2. The second-order valence-corrected chi connectivity index (χ2v) is 6.72. The molecule has 0 radical (unpaired) electrons. The monoisotopic (exact) mass is 388 g/mol. The maximum atomic E-state index is 11.4. The van der Waals surface area contributed by atoms with E-state index in [2.05, 4.69) is 0 Å². The number of methoxy groups -OCH3 is 3. The van der Waals surface area contributed by atoms with Crippen LogP contribution in [0.15, 0.2) is 36.4 Å². The Morgan fingerprint density at radius 3 is 2.04 bits per heavy atom. The van der Waals surface area contributed by atoms with Gasteiger partial charge in [0.15, 0.2) is 0 Å². The van der Waals surface area contributed by atoms with Crippen LogP contribution in [0, 0.1) is 5.21 Å². The van der Waals surface area contributed by atoms with Gasteiger partial charge in [-0.2, -0.15) is 0 Å². The first-order valence-electron chi connectivity index (χ1n) is 9.31. The highest BCUT2D eigenvalue weighted by Gasteiger charge is 2.15. The second kappa shape index (κ2) is 11.0. The Labute approximate surface area is 167 Å². The molecule has 6 heteroatoms. The number of hydrogen-bond acceptors (Lipinski definition) is 6. The lowest BCUT2D eigenvalue weighted by Crippen LogP contribution is -2.24. The topological polar surface area (TPSA) is 63.2 Å². The van der Waals surface area contributed by atoms with Crippen molar-refractivity contribution in [3.05, 3.63) is 52.7 Å². The van der Waals surface area contributed by atoms with E-state index in [9.17, 15) is 5.21 Å². The maximum Gasteiger partial charge on any atom is 0.130 e. The first kappa shape index (κ1) is 22.2. The van der Waals surface area contributed by atoms with Gasteiger partial charge in [0.2, 0.25) is 0 Å². The van der Waals surface area contributed by atoms with Crippen molar-refractivity contribution in [3.8, 4) is 22.6 Å². The van der Waals surface area contributed by atoms with Crippen LogP contribution < -0.4 is 9.47 Å². The minimum atomic E-state index is -0.0627. The Bertz CT molecular complexity index is 705. The average molecular weight is 388 g/mol. The van der Waals surface area contributed by atoms with Crippen molar-refractivity contribution in [1.29, 1.82) is 0 Å². The van der Waals surface area contributed by atoms with Gasteiger partial charge in [-0.15, -0.1) is 0 Å². The molecule has 0 amide bonds. The van der Waals surface area contributed by atoms with E-state index in [1.54, 1.807) is 28.4 Å². The van der Waals surface area contributed by atoms with Crippen molar-refractivity contribution in [2.45, 2.75) is 26.0 Å². The molecule has 28 heavy (non-hydrogen) atoms. The fourth-order valence-corrected chi connectivity index (χ4v) is 2.94. The molecule has 0 spiro atoms. The van der Waals surface area contributed by atoms with Crippen molar-refractivity contribution in [2.75, 3.05) is 41.6 Å². The van der Waals surface area contributed by atoms with Gasteiger partial charge in [-0.05, 0) is 48.3 Å². The Morgan fingerprint density at radius 2 is 1.54 bits per heavy atom. The fraction of sp³-hybridized carbons (Fsp3) is 0.455. The third-order valence-corrected chi connectivity index (χ3v) is 4.66. The summed E-state index contributed by atoms with van der Waals surface area (Å²) in [7, 11) is 6.49. The molecule has 0 aliphatic heterocycles. The average Bonchev–Trinajstić information content (AvgIpc) is 2.71. The third-order valence-electron chi connectivity index (χ3n) is 4.66. The first-order valence-corrected chi connectivity index (χ1v) is 9.31. The molecule has 0 heterocycles. The van der Waals surface area contributed by atoms with Crippen molar-refractivity contribution in [2.24, 2.45) is 0 Å². The molecule has 0 aliphatic rings. The summed E-state index contributed by atoms with van der Waals surface area (Å²) < 4.78 is 21.9. The van der Waals surface area contributed by atoms with Gasteiger partial charge in [0, 0.05) is 7.11 Å². The lowest BCUT2D eigenvalue weighted by atomic mass is 9.98. The molecule has 2 aromatic rings. The molecule has 6 nitrogen and oxygen atoms in total. The largest absolute Gasteiger partial charge is 0.785 e. The maximum absolute atomic E-state index is 11.4. The highest BCUT2D eigenvalue weighted by atomic mass is 16.5. The summed E-state index contributed by atoms with van der Waals surface area (Å²) in [5.74, 6) is 1.45. The molecule has 0 aliphatic carbocycles. The zero-order valence-electron chi connectivity index (χ0n) is 17.4. The van der Waals surface area contributed by atoms with Crippen molar-refractivity contribution in [3.63, 3.8) is 0 Å². The SMILES string of the molecule is COCCOCc1cc(OC)c(-c2ccc(CC(C)N(C)[O-])cc2)c(OC)c1. The number of hydroxylamine groups is 2. The number of hydrogen-bond donors (Lipinski definition) is 0.